The molecule has 2 aromatic rings. The Kier molecular flexibility index (Phi) is 5.93. The van der Waals surface area contributed by atoms with Gasteiger partial charge in [-0.1, -0.05) is 60.7 Å². The molecule has 3 aliphatic rings. The Morgan fingerprint density at radius 2 is 1.66 bits per heavy atom. The largest absolute Gasteiger partial charge is 0.461 e. The predicted molar refractivity (Wildman–Crippen MR) is 127 cm³/mol. The molecule has 2 unspecified atom stereocenters. The van der Waals surface area contributed by atoms with E-state index >= 15 is 0 Å². The molecule has 5 atom stereocenters. The van der Waals surface area contributed by atoms with Gasteiger partial charge in [0, 0.05) is 17.1 Å². The van der Waals surface area contributed by atoms with Gasteiger partial charge in [0.15, 0.2) is 0 Å². The summed E-state index contributed by atoms with van der Waals surface area (Å²) in [6, 6.07) is 21.3. The fraction of sp³-hybridized carbons (Fsp3) is 0.429. The first-order valence-electron chi connectivity index (χ1n) is 12.2. The minimum Gasteiger partial charge on any atom is -0.461 e. The smallest absolute Gasteiger partial charge is 0.222 e. The Labute approximate surface area is 191 Å². The Hall–Kier alpha value is -2.40. The van der Waals surface area contributed by atoms with Gasteiger partial charge in [0.1, 0.15) is 18.8 Å². The van der Waals surface area contributed by atoms with Crippen LogP contribution >= 0.6 is 0 Å². The van der Waals surface area contributed by atoms with Crippen molar-refractivity contribution in [3.8, 4) is 0 Å². The summed E-state index contributed by atoms with van der Waals surface area (Å²) in [7, 11) is 0. The van der Waals surface area contributed by atoms with Crippen LogP contribution in [0.1, 0.15) is 37.3 Å². The second-order valence-corrected chi connectivity index (χ2v) is 9.64. The van der Waals surface area contributed by atoms with Crippen molar-refractivity contribution in [1.82, 2.24) is 0 Å². The van der Waals surface area contributed by atoms with E-state index in [4.69, 9.17) is 4.74 Å². The van der Waals surface area contributed by atoms with E-state index in [1.807, 2.05) is 0 Å². The van der Waals surface area contributed by atoms with Crippen molar-refractivity contribution in [3.63, 3.8) is 0 Å². The lowest BCUT2D eigenvalue weighted by molar-refractivity contribution is -0.912. The van der Waals surface area contributed by atoms with Crippen molar-refractivity contribution >= 4 is 6.08 Å². The third kappa shape index (κ3) is 3.92. The molecule has 5 rings (SSSR count). The van der Waals surface area contributed by atoms with Crippen LogP contribution in [0.15, 0.2) is 77.6 Å². The zero-order valence-electron chi connectivity index (χ0n) is 19.3. The molecule has 0 bridgehead atoms. The van der Waals surface area contributed by atoms with Gasteiger partial charge in [-0.15, -0.1) is 0 Å². The highest BCUT2D eigenvalue weighted by Gasteiger charge is 2.56. The average molecular weight is 433 g/mol. The van der Waals surface area contributed by atoms with Crippen molar-refractivity contribution in [1.29, 1.82) is 0 Å². The molecule has 1 saturated heterocycles. The van der Waals surface area contributed by atoms with Crippen molar-refractivity contribution < 1.29 is 19.6 Å². The lowest BCUT2D eigenvalue weighted by Crippen LogP contribution is -3.15. The van der Waals surface area contributed by atoms with E-state index in [-0.39, 0.29) is 11.8 Å². The lowest BCUT2D eigenvalue weighted by Gasteiger charge is -2.51. The van der Waals surface area contributed by atoms with Gasteiger partial charge in [0.25, 0.3) is 0 Å². The number of likely N-dealkylation sites (tertiary alicyclic amines) is 1. The molecular formula is C28H36N2O2+2. The van der Waals surface area contributed by atoms with Gasteiger partial charge in [-0.2, -0.15) is 0 Å². The molecule has 2 aromatic carbocycles. The molecule has 0 aliphatic carbocycles. The van der Waals surface area contributed by atoms with Crippen LogP contribution in [0.3, 0.4) is 0 Å². The van der Waals surface area contributed by atoms with E-state index in [1.54, 1.807) is 9.80 Å². The van der Waals surface area contributed by atoms with Gasteiger partial charge in [-0.25, -0.2) is 0 Å². The average Bonchev–Trinajstić information content (AvgIpc) is 2.83. The van der Waals surface area contributed by atoms with Crippen molar-refractivity contribution in [3.05, 3.63) is 88.7 Å². The zero-order valence-corrected chi connectivity index (χ0v) is 19.3. The number of benzene rings is 2. The molecule has 1 fully saturated rings. The maximum absolute atomic E-state index is 11.9. The van der Waals surface area contributed by atoms with E-state index in [2.05, 4.69) is 80.6 Å². The molecule has 3 heterocycles. The van der Waals surface area contributed by atoms with E-state index < -0.39 is 5.79 Å². The molecule has 3 N–H and O–H groups in total. The highest BCUT2D eigenvalue weighted by atomic mass is 16.6. The van der Waals surface area contributed by atoms with E-state index in [0.717, 1.165) is 45.0 Å². The monoisotopic (exact) mass is 432 g/mol. The summed E-state index contributed by atoms with van der Waals surface area (Å²) in [4.78, 5) is 3.11. The summed E-state index contributed by atoms with van der Waals surface area (Å²) in [5.74, 6) is 0.116. The number of aliphatic hydroxyl groups is 1. The number of fused-ring (bicyclic) bond motifs is 1. The first-order chi connectivity index (χ1) is 15.6. The van der Waals surface area contributed by atoms with Crippen LogP contribution in [0.25, 0.3) is 6.08 Å². The zero-order chi connectivity index (χ0) is 22.1. The molecule has 32 heavy (non-hydrogen) atoms. The van der Waals surface area contributed by atoms with Crippen LogP contribution < -0.4 is 9.80 Å². The second kappa shape index (κ2) is 8.86. The summed E-state index contributed by atoms with van der Waals surface area (Å²) in [5.41, 5.74) is 5.08. The molecule has 0 saturated carbocycles. The van der Waals surface area contributed by atoms with Crippen LogP contribution in [0.2, 0.25) is 0 Å². The number of ether oxygens (including phenoxy) is 1. The number of hydrogen-bond acceptors (Lipinski definition) is 2. The van der Waals surface area contributed by atoms with Crippen molar-refractivity contribution in [2.75, 3.05) is 39.3 Å². The molecule has 3 aliphatic heterocycles. The lowest BCUT2D eigenvalue weighted by atomic mass is 9.70. The summed E-state index contributed by atoms with van der Waals surface area (Å²) >= 11 is 0. The second-order valence-electron chi connectivity index (χ2n) is 9.64. The van der Waals surface area contributed by atoms with Gasteiger partial charge in [-0.05, 0) is 31.1 Å². The number of rotatable bonds is 4. The van der Waals surface area contributed by atoms with Crippen LogP contribution in [-0.4, -0.2) is 50.2 Å². The molecule has 0 amide bonds. The van der Waals surface area contributed by atoms with Crippen LogP contribution in [0.4, 0.5) is 0 Å². The van der Waals surface area contributed by atoms with Crippen molar-refractivity contribution in [2.24, 2.45) is 5.92 Å². The van der Waals surface area contributed by atoms with Crippen molar-refractivity contribution in [2.45, 2.75) is 32.0 Å². The fourth-order valence-electron chi connectivity index (χ4n) is 5.92. The highest BCUT2D eigenvalue weighted by molar-refractivity contribution is 5.60. The summed E-state index contributed by atoms with van der Waals surface area (Å²) in [6.45, 7) is 10.5. The fourth-order valence-corrected chi connectivity index (χ4v) is 5.92. The topological polar surface area (TPSA) is 38.3 Å². The quantitative estimate of drug-likeness (QED) is 0.688. The number of quaternary nitrogens is 2. The Balaban J connectivity index is 1.66. The van der Waals surface area contributed by atoms with Gasteiger partial charge in [0.2, 0.25) is 5.79 Å². The maximum atomic E-state index is 11.9. The minimum atomic E-state index is -1.10. The van der Waals surface area contributed by atoms with Crippen LogP contribution in [0.5, 0.6) is 0 Å². The molecule has 0 radical (unpaired) electrons. The van der Waals surface area contributed by atoms with E-state index in [0.29, 0.717) is 6.42 Å². The van der Waals surface area contributed by atoms with Gasteiger partial charge < -0.3 is 19.6 Å². The molecule has 4 nitrogen and oxygen atoms in total. The number of likely N-dealkylation sites (N-methyl/N-ethyl adjacent to an activating group) is 1. The number of nitrogens with one attached hydrogen (secondary N) is 2. The predicted octanol–water partition coefficient (Wildman–Crippen LogP) is 1.67. The number of piperidine rings is 1. The van der Waals surface area contributed by atoms with Gasteiger partial charge in [0.05, 0.1) is 38.5 Å². The van der Waals surface area contributed by atoms with Gasteiger partial charge >= 0.3 is 0 Å². The van der Waals surface area contributed by atoms with Crippen LogP contribution in [0, 0.1) is 5.92 Å². The standard InChI is InChI=1S/C28H34N2O2/c1-3-29-16-15-28(31)25(20-29)26(22-13-9-6-10-14-22)24-19-30(4-2)18-23(27(24)32-28)17-21-11-7-5-8-12-21/h5-14,17,25-26,31H,3-4,15-16,18-20H2,1-2H3/p+2/b23-17+/t25-,26+,28+/m0/s1. The summed E-state index contributed by atoms with van der Waals surface area (Å²) in [5, 5.41) is 11.9. The van der Waals surface area contributed by atoms with E-state index in [1.165, 1.54) is 22.3 Å². The molecule has 4 heteroatoms. The normalized spacial score (nSPS) is 33.4. The van der Waals surface area contributed by atoms with Gasteiger partial charge in [-0.3, -0.25) is 0 Å². The molecular weight excluding hydrogens is 396 g/mol. The summed E-state index contributed by atoms with van der Waals surface area (Å²) < 4.78 is 6.64. The SMILES string of the molecule is CC[NH+]1CC2=C(O[C@]3(O)CC[NH+](CC)C[C@H]3[C@@H]2c2ccccc2)/C(=C/c2ccccc2)C1. The number of hydrogen-bond donors (Lipinski definition) is 3. The molecule has 0 spiro atoms. The van der Waals surface area contributed by atoms with Crippen LogP contribution in [-0.2, 0) is 4.74 Å². The minimum absolute atomic E-state index is 0.0709. The molecule has 0 aromatic heterocycles. The highest BCUT2D eigenvalue weighted by Crippen LogP contribution is 2.48. The third-order valence-corrected chi connectivity index (χ3v) is 7.74. The third-order valence-electron chi connectivity index (χ3n) is 7.74. The van der Waals surface area contributed by atoms with E-state index in [9.17, 15) is 5.11 Å². The Morgan fingerprint density at radius 1 is 0.969 bits per heavy atom. The Bertz CT molecular complexity index is 1000. The Morgan fingerprint density at radius 3 is 2.34 bits per heavy atom. The maximum Gasteiger partial charge on any atom is 0.222 e. The summed E-state index contributed by atoms with van der Waals surface area (Å²) in [6.07, 6.45) is 2.95. The first kappa shape index (κ1) is 21.4. The first-order valence-corrected chi connectivity index (χ1v) is 12.2. The molecule has 168 valence electrons.